The van der Waals surface area contributed by atoms with Crippen LogP contribution in [0.15, 0.2) is 29.2 Å². The van der Waals surface area contributed by atoms with Crippen LogP contribution in [-0.2, 0) is 0 Å². The van der Waals surface area contributed by atoms with Gasteiger partial charge in [0, 0.05) is 4.90 Å². The number of benzene rings is 1. The van der Waals surface area contributed by atoms with Crippen LogP contribution in [-0.4, -0.2) is 10.3 Å². The molecule has 0 radical (unpaired) electrons. The molecule has 0 atom stereocenters. The molecule has 1 nitrogen and oxygen atoms in total. The van der Waals surface area contributed by atoms with E-state index in [9.17, 15) is 0 Å². The van der Waals surface area contributed by atoms with Gasteiger partial charge in [-0.05, 0) is 53.8 Å². The summed E-state index contributed by atoms with van der Waals surface area (Å²) in [5.74, 6) is 1.74. The van der Waals surface area contributed by atoms with Gasteiger partial charge in [-0.2, -0.15) is 0 Å². The molecule has 0 saturated heterocycles. The number of thioether (sulfide) groups is 1. The Balaban J connectivity index is 2.64. The van der Waals surface area contributed by atoms with Gasteiger partial charge in [0.15, 0.2) is 0 Å². The molecule has 0 bridgehead atoms. The van der Waals surface area contributed by atoms with Crippen molar-refractivity contribution in [2.75, 3.05) is 5.75 Å². The van der Waals surface area contributed by atoms with Crippen LogP contribution in [0.5, 0.6) is 5.75 Å². The summed E-state index contributed by atoms with van der Waals surface area (Å²) < 4.78 is 5.06. The SMILES string of the molecule is CCSc1ccc(OC(=S)Cl)cc1. The molecule has 0 fully saturated rings. The smallest absolute Gasteiger partial charge is 0.260 e. The molecule has 1 aromatic carbocycles. The van der Waals surface area contributed by atoms with Gasteiger partial charge in [0.05, 0.1) is 0 Å². The molecule has 0 spiro atoms. The van der Waals surface area contributed by atoms with Crippen molar-refractivity contribution in [3.8, 4) is 5.75 Å². The first-order valence-electron chi connectivity index (χ1n) is 3.82. The number of thiocarbonyl (C=S) groups is 1. The Morgan fingerprint density at radius 1 is 1.46 bits per heavy atom. The van der Waals surface area contributed by atoms with E-state index in [1.54, 1.807) is 11.8 Å². The van der Waals surface area contributed by atoms with Gasteiger partial charge in [-0.25, -0.2) is 0 Å². The molecular weight excluding hydrogens is 224 g/mol. The highest BCUT2D eigenvalue weighted by molar-refractivity contribution is 7.99. The molecule has 0 aromatic heterocycles. The van der Waals surface area contributed by atoms with Gasteiger partial charge < -0.3 is 4.74 Å². The number of hydrogen-bond donors (Lipinski definition) is 0. The summed E-state index contributed by atoms with van der Waals surface area (Å²) in [4.78, 5) is 1.22. The highest BCUT2D eigenvalue weighted by Crippen LogP contribution is 2.21. The Morgan fingerprint density at radius 3 is 2.54 bits per heavy atom. The van der Waals surface area contributed by atoms with Crippen molar-refractivity contribution in [3.63, 3.8) is 0 Å². The van der Waals surface area contributed by atoms with Crippen molar-refractivity contribution >= 4 is 40.1 Å². The molecule has 0 amide bonds. The van der Waals surface area contributed by atoms with E-state index in [0.29, 0.717) is 5.75 Å². The molecule has 1 aromatic rings. The van der Waals surface area contributed by atoms with E-state index in [1.807, 2.05) is 24.3 Å². The van der Waals surface area contributed by atoms with Gasteiger partial charge in [-0.15, -0.1) is 11.8 Å². The fourth-order valence-corrected chi connectivity index (χ4v) is 1.71. The maximum Gasteiger partial charge on any atom is 0.260 e. The molecule has 0 saturated carbocycles. The van der Waals surface area contributed by atoms with Crippen LogP contribution in [0.4, 0.5) is 0 Å². The zero-order chi connectivity index (χ0) is 9.68. The largest absolute Gasteiger partial charge is 0.436 e. The summed E-state index contributed by atoms with van der Waals surface area (Å²) in [6.07, 6.45) is 0. The molecule has 70 valence electrons. The molecule has 0 aliphatic carbocycles. The lowest BCUT2D eigenvalue weighted by Crippen LogP contribution is -1.94. The van der Waals surface area contributed by atoms with Crippen LogP contribution in [0.25, 0.3) is 0 Å². The molecular formula is C9H9ClOS2. The summed E-state index contributed by atoms with van der Waals surface area (Å²) in [6, 6.07) is 7.68. The minimum atomic E-state index is 0.0240. The fraction of sp³-hybridized carbons (Fsp3) is 0.222. The van der Waals surface area contributed by atoms with Gasteiger partial charge >= 0.3 is 0 Å². The third-order valence-electron chi connectivity index (χ3n) is 1.33. The predicted molar refractivity (Wildman–Crippen MR) is 61.9 cm³/mol. The van der Waals surface area contributed by atoms with Crippen molar-refractivity contribution in [1.82, 2.24) is 0 Å². The number of hydrogen-bond acceptors (Lipinski definition) is 3. The predicted octanol–water partition coefficient (Wildman–Crippen LogP) is 3.70. The Hall–Kier alpha value is -0.250. The summed E-state index contributed by atoms with van der Waals surface area (Å²) in [6.45, 7) is 2.11. The second kappa shape index (κ2) is 5.47. The summed E-state index contributed by atoms with van der Waals surface area (Å²) in [5.41, 5.74) is 0. The Labute approximate surface area is 92.4 Å². The first-order valence-corrected chi connectivity index (χ1v) is 5.59. The zero-order valence-corrected chi connectivity index (χ0v) is 9.51. The first-order chi connectivity index (χ1) is 6.22. The van der Waals surface area contributed by atoms with E-state index in [0.717, 1.165) is 5.75 Å². The molecule has 0 aliphatic rings. The zero-order valence-electron chi connectivity index (χ0n) is 7.12. The van der Waals surface area contributed by atoms with E-state index in [-0.39, 0.29) is 4.51 Å². The molecule has 13 heavy (non-hydrogen) atoms. The van der Waals surface area contributed by atoms with Crippen molar-refractivity contribution in [3.05, 3.63) is 24.3 Å². The fourth-order valence-electron chi connectivity index (χ4n) is 0.863. The summed E-state index contributed by atoms with van der Waals surface area (Å²) >= 11 is 11.8. The standard InChI is InChI=1S/C9H9ClOS2/c1-2-13-8-5-3-7(4-6-8)11-9(10)12/h3-6H,2H2,1H3. The lowest BCUT2D eigenvalue weighted by atomic mass is 10.3. The maximum absolute atomic E-state index is 5.42. The van der Waals surface area contributed by atoms with E-state index in [1.165, 1.54) is 4.90 Å². The normalized spacial score (nSPS) is 9.69. The van der Waals surface area contributed by atoms with Crippen molar-refractivity contribution in [2.45, 2.75) is 11.8 Å². The van der Waals surface area contributed by atoms with Gasteiger partial charge in [0.1, 0.15) is 5.75 Å². The van der Waals surface area contributed by atoms with E-state index >= 15 is 0 Å². The Kier molecular flexibility index (Phi) is 4.56. The van der Waals surface area contributed by atoms with Crippen LogP contribution >= 0.6 is 35.6 Å². The maximum atomic E-state index is 5.42. The average Bonchev–Trinajstić information content (AvgIpc) is 2.08. The third kappa shape index (κ3) is 3.98. The molecule has 0 heterocycles. The average molecular weight is 233 g/mol. The Bertz CT molecular complexity index is 284. The lowest BCUT2D eigenvalue weighted by molar-refractivity contribution is 0.577. The van der Waals surface area contributed by atoms with Gasteiger partial charge in [-0.3, -0.25) is 0 Å². The molecule has 0 aliphatic heterocycles. The minimum absolute atomic E-state index is 0.0240. The second-order valence-corrected chi connectivity index (χ2v) is 4.52. The van der Waals surface area contributed by atoms with E-state index in [4.69, 9.17) is 16.3 Å². The van der Waals surface area contributed by atoms with Gasteiger partial charge in [0.2, 0.25) is 0 Å². The number of ether oxygens (including phenoxy) is 1. The van der Waals surface area contributed by atoms with E-state index < -0.39 is 0 Å². The van der Waals surface area contributed by atoms with E-state index in [2.05, 4.69) is 19.1 Å². The lowest BCUT2D eigenvalue weighted by Gasteiger charge is -2.02. The van der Waals surface area contributed by atoms with Crippen molar-refractivity contribution in [2.24, 2.45) is 0 Å². The third-order valence-corrected chi connectivity index (χ3v) is 2.39. The molecule has 0 N–H and O–H groups in total. The molecule has 1 rings (SSSR count). The monoisotopic (exact) mass is 232 g/mol. The van der Waals surface area contributed by atoms with Crippen molar-refractivity contribution in [1.29, 1.82) is 0 Å². The van der Waals surface area contributed by atoms with Crippen LogP contribution in [0, 0.1) is 0 Å². The van der Waals surface area contributed by atoms with Gasteiger partial charge in [-0.1, -0.05) is 6.92 Å². The van der Waals surface area contributed by atoms with Crippen molar-refractivity contribution < 1.29 is 4.74 Å². The van der Waals surface area contributed by atoms with Gasteiger partial charge in [0.25, 0.3) is 4.51 Å². The molecule has 4 heteroatoms. The minimum Gasteiger partial charge on any atom is -0.436 e. The summed E-state index contributed by atoms with van der Waals surface area (Å²) in [7, 11) is 0. The highest BCUT2D eigenvalue weighted by Gasteiger charge is 1.96. The van der Waals surface area contributed by atoms with Crippen LogP contribution in [0.3, 0.4) is 0 Å². The second-order valence-electron chi connectivity index (χ2n) is 2.24. The number of rotatable bonds is 3. The topological polar surface area (TPSA) is 9.23 Å². The highest BCUT2D eigenvalue weighted by atomic mass is 35.5. The van der Waals surface area contributed by atoms with Crippen LogP contribution in [0.2, 0.25) is 0 Å². The quantitative estimate of drug-likeness (QED) is 0.447. The first kappa shape index (κ1) is 10.8. The summed E-state index contributed by atoms with van der Waals surface area (Å²) in [5, 5.41) is 0. The van der Waals surface area contributed by atoms with Crippen LogP contribution in [0.1, 0.15) is 6.92 Å². The number of halogens is 1. The van der Waals surface area contributed by atoms with Crippen LogP contribution < -0.4 is 4.74 Å². The molecule has 0 unspecified atom stereocenters. The Morgan fingerprint density at radius 2 is 2.08 bits per heavy atom.